The maximum Gasteiger partial charge on any atom is 0.263 e. The molecule has 0 aliphatic heterocycles. The molecule has 0 amide bonds. The summed E-state index contributed by atoms with van der Waals surface area (Å²) < 4.78 is 44.6. The number of aromatic amines is 1. The Morgan fingerprint density at radius 3 is 2.75 bits per heavy atom. The van der Waals surface area contributed by atoms with Gasteiger partial charge < -0.3 is 15.5 Å². The molecule has 0 radical (unpaired) electrons. The van der Waals surface area contributed by atoms with Gasteiger partial charge >= 0.3 is 0 Å². The SMILES string of the molecule is COc1cc(NS(=O)(=O)c2c[nH]c(CN)c2)ccc1F. The molecule has 0 spiro atoms. The minimum Gasteiger partial charge on any atom is -0.494 e. The monoisotopic (exact) mass is 299 g/mol. The molecule has 1 aromatic heterocycles. The molecule has 2 aromatic rings. The second kappa shape index (κ2) is 5.51. The summed E-state index contributed by atoms with van der Waals surface area (Å²) in [7, 11) is -2.45. The molecule has 0 atom stereocenters. The van der Waals surface area contributed by atoms with Crippen molar-refractivity contribution in [1.82, 2.24) is 4.98 Å². The van der Waals surface area contributed by atoms with Crippen molar-refractivity contribution in [3.8, 4) is 5.75 Å². The molecule has 1 heterocycles. The van der Waals surface area contributed by atoms with Gasteiger partial charge in [-0.1, -0.05) is 0 Å². The molecule has 6 nitrogen and oxygen atoms in total. The maximum atomic E-state index is 13.3. The van der Waals surface area contributed by atoms with E-state index < -0.39 is 15.8 Å². The number of hydrogen-bond acceptors (Lipinski definition) is 4. The summed E-state index contributed by atoms with van der Waals surface area (Å²) in [6.45, 7) is 0.208. The lowest BCUT2D eigenvalue weighted by Gasteiger charge is -2.08. The van der Waals surface area contributed by atoms with E-state index in [2.05, 4.69) is 9.71 Å². The zero-order valence-corrected chi connectivity index (χ0v) is 11.5. The summed E-state index contributed by atoms with van der Waals surface area (Å²) in [6.07, 6.45) is 1.34. The molecule has 1 aromatic carbocycles. The Bertz CT molecular complexity index is 712. The number of halogens is 1. The number of ether oxygens (including phenoxy) is 1. The molecule has 2 rings (SSSR count). The van der Waals surface area contributed by atoms with E-state index in [1.54, 1.807) is 0 Å². The first kappa shape index (κ1) is 14.4. The number of H-pyrrole nitrogens is 1. The minimum absolute atomic E-state index is 0.0399. The average molecular weight is 299 g/mol. The Morgan fingerprint density at radius 2 is 2.15 bits per heavy atom. The highest BCUT2D eigenvalue weighted by Crippen LogP contribution is 2.23. The normalized spacial score (nSPS) is 11.3. The fourth-order valence-electron chi connectivity index (χ4n) is 1.63. The first-order chi connectivity index (χ1) is 9.46. The van der Waals surface area contributed by atoms with E-state index >= 15 is 0 Å². The summed E-state index contributed by atoms with van der Waals surface area (Å²) in [5, 5.41) is 0. The molecule has 4 N–H and O–H groups in total. The number of sulfonamides is 1. The van der Waals surface area contributed by atoms with Gasteiger partial charge in [0, 0.05) is 24.5 Å². The van der Waals surface area contributed by atoms with Crippen LogP contribution in [0.3, 0.4) is 0 Å². The zero-order chi connectivity index (χ0) is 14.8. The van der Waals surface area contributed by atoms with Crippen molar-refractivity contribution < 1.29 is 17.5 Å². The molecule has 0 fully saturated rings. The first-order valence-electron chi connectivity index (χ1n) is 5.70. The summed E-state index contributed by atoms with van der Waals surface area (Å²) in [5.74, 6) is -0.607. The van der Waals surface area contributed by atoms with E-state index in [0.29, 0.717) is 5.69 Å². The van der Waals surface area contributed by atoms with Crippen LogP contribution in [0.15, 0.2) is 35.4 Å². The Hall–Kier alpha value is -2.06. The Kier molecular flexibility index (Phi) is 3.96. The molecule has 0 unspecified atom stereocenters. The summed E-state index contributed by atoms with van der Waals surface area (Å²) in [6, 6.07) is 5.14. The maximum absolute atomic E-state index is 13.3. The minimum atomic E-state index is -3.76. The number of benzene rings is 1. The van der Waals surface area contributed by atoms with Gasteiger partial charge in [-0.05, 0) is 18.2 Å². The lowest BCUT2D eigenvalue weighted by molar-refractivity contribution is 0.387. The van der Waals surface area contributed by atoms with Gasteiger partial charge in [0.1, 0.15) is 4.90 Å². The van der Waals surface area contributed by atoms with Gasteiger partial charge in [0.05, 0.1) is 12.8 Å². The Balaban J connectivity index is 2.28. The summed E-state index contributed by atoms with van der Waals surface area (Å²) in [5.41, 5.74) is 6.22. The quantitative estimate of drug-likeness (QED) is 0.778. The molecule has 0 bridgehead atoms. The molecule has 8 heteroatoms. The van der Waals surface area contributed by atoms with Crippen molar-refractivity contribution in [2.45, 2.75) is 11.4 Å². The highest BCUT2D eigenvalue weighted by Gasteiger charge is 2.16. The van der Waals surface area contributed by atoms with E-state index in [1.807, 2.05) is 0 Å². The Morgan fingerprint density at radius 1 is 1.40 bits per heavy atom. The van der Waals surface area contributed by atoms with Crippen LogP contribution in [-0.4, -0.2) is 20.5 Å². The lowest BCUT2D eigenvalue weighted by atomic mass is 10.3. The van der Waals surface area contributed by atoms with Crippen molar-refractivity contribution in [3.63, 3.8) is 0 Å². The second-order valence-electron chi connectivity index (χ2n) is 4.02. The van der Waals surface area contributed by atoms with E-state index in [9.17, 15) is 12.8 Å². The van der Waals surface area contributed by atoms with Gasteiger partial charge in [0.15, 0.2) is 11.6 Å². The van der Waals surface area contributed by atoms with Crippen molar-refractivity contribution in [2.75, 3.05) is 11.8 Å². The number of nitrogens with one attached hydrogen (secondary N) is 2. The van der Waals surface area contributed by atoms with Gasteiger partial charge in [0.25, 0.3) is 10.0 Å². The molecule has 108 valence electrons. The standard InChI is InChI=1S/C12H14FN3O3S/c1-19-12-5-8(2-3-11(12)13)16-20(17,18)10-4-9(6-14)15-7-10/h2-5,7,15-16H,6,14H2,1H3. The van der Waals surface area contributed by atoms with Crippen LogP contribution in [0.5, 0.6) is 5.75 Å². The smallest absolute Gasteiger partial charge is 0.263 e. The number of aromatic nitrogens is 1. The number of nitrogens with two attached hydrogens (primary N) is 1. The van der Waals surface area contributed by atoms with Crippen LogP contribution < -0.4 is 15.2 Å². The summed E-state index contributed by atoms with van der Waals surface area (Å²) in [4.78, 5) is 2.81. The van der Waals surface area contributed by atoms with Crippen LogP contribution in [0, 0.1) is 5.82 Å². The number of methoxy groups -OCH3 is 1. The number of hydrogen-bond donors (Lipinski definition) is 3. The average Bonchev–Trinajstić information content (AvgIpc) is 2.90. The molecule has 0 aliphatic rings. The van der Waals surface area contributed by atoms with Gasteiger partial charge in [-0.25, -0.2) is 12.8 Å². The van der Waals surface area contributed by atoms with Crippen molar-refractivity contribution in [1.29, 1.82) is 0 Å². The second-order valence-corrected chi connectivity index (χ2v) is 5.70. The van der Waals surface area contributed by atoms with Crippen molar-refractivity contribution in [2.24, 2.45) is 5.73 Å². The van der Waals surface area contributed by atoms with Crippen LogP contribution in [0.2, 0.25) is 0 Å². The van der Waals surface area contributed by atoms with Crippen LogP contribution >= 0.6 is 0 Å². The van der Waals surface area contributed by atoms with Gasteiger partial charge in [-0.3, -0.25) is 4.72 Å². The predicted octanol–water partition coefficient (Wildman–Crippen LogP) is 1.42. The molecule has 0 saturated heterocycles. The van der Waals surface area contributed by atoms with E-state index in [0.717, 1.165) is 6.07 Å². The third kappa shape index (κ3) is 2.91. The molecular weight excluding hydrogens is 285 g/mol. The number of anilines is 1. The first-order valence-corrected chi connectivity index (χ1v) is 7.18. The Labute approximate surface area is 115 Å². The summed E-state index contributed by atoms with van der Waals surface area (Å²) >= 11 is 0. The topological polar surface area (TPSA) is 97.2 Å². The molecular formula is C12H14FN3O3S. The predicted molar refractivity (Wildman–Crippen MR) is 72.4 cm³/mol. The highest BCUT2D eigenvalue weighted by atomic mass is 32.2. The van der Waals surface area contributed by atoms with Gasteiger partial charge in [0.2, 0.25) is 0 Å². The van der Waals surface area contributed by atoms with E-state index in [-0.39, 0.29) is 22.9 Å². The van der Waals surface area contributed by atoms with Gasteiger partial charge in [-0.2, -0.15) is 0 Å². The highest BCUT2D eigenvalue weighted by molar-refractivity contribution is 7.92. The van der Waals surface area contributed by atoms with Crippen LogP contribution in [-0.2, 0) is 16.6 Å². The van der Waals surface area contributed by atoms with Crippen molar-refractivity contribution >= 4 is 15.7 Å². The fraction of sp³-hybridized carbons (Fsp3) is 0.167. The van der Waals surface area contributed by atoms with Crippen LogP contribution in [0.25, 0.3) is 0 Å². The largest absolute Gasteiger partial charge is 0.494 e. The molecule has 0 saturated carbocycles. The third-order valence-electron chi connectivity index (χ3n) is 2.65. The molecule has 20 heavy (non-hydrogen) atoms. The van der Waals surface area contributed by atoms with Crippen molar-refractivity contribution in [3.05, 3.63) is 42.0 Å². The van der Waals surface area contributed by atoms with Crippen LogP contribution in [0.4, 0.5) is 10.1 Å². The van der Waals surface area contributed by atoms with E-state index in [1.165, 1.54) is 31.5 Å². The lowest BCUT2D eigenvalue weighted by Crippen LogP contribution is -2.12. The third-order valence-corrected chi connectivity index (χ3v) is 4.01. The fourth-order valence-corrected chi connectivity index (χ4v) is 2.70. The zero-order valence-electron chi connectivity index (χ0n) is 10.7. The number of rotatable bonds is 5. The van der Waals surface area contributed by atoms with Crippen LogP contribution in [0.1, 0.15) is 5.69 Å². The molecule has 0 aliphatic carbocycles. The van der Waals surface area contributed by atoms with E-state index in [4.69, 9.17) is 10.5 Å². The van der Waals surface area contributed by atoms with Gasteiger partial charge in [-0.15, -0.1) is 0 Å².